The van der Waals surface area contributed by atoms with E-state index in [9.17, 15) is 4.79 Å². The van der Waals surface area contributed by atoms with Crippen LogP contribution < -0.4 is 10.6 Å². The van der Waals surface area contributed by atoms with E-state index in [1.165, 1.54) is 35.4 Å². The Bertz CT molecular complexity index is 873. The van der Waals surface area contributed by atoms with E-state index in [2.05, 4.69) is 20.3 Å². The summed E-state index contributed by atoms with van der Waals surface area (Å²) in [4.78, 5) is 16.1. The lowest BCUT2D eigenvalue weighted by molar-refractivity contribution is 0.251. The molecule has 2 amide bonds. The molecule has 4 rings (SSSR count). The van der Waals surface area contributed by atoms with Gasteiger partial charge in [0.2, 0.25) is 0 Å². The number of urea groups is 1. The fourth-order valence-corrected chi connectivity index (χ4v) is 3.99. The van der Waals surface area contributed by atoms with E-state index >= 15 is 0 Å². The normalized spacial score (nSPS) is 13.2. The highest BCUT2D eigenvalue weighted by molar-refractivity contribution is 7.14. The van der Waals surface area contributed by atoms with Gasteiger partial charge in [-0.25, -0.2) is 4.79 Å². The largest absolute Gasteiger partial charge is 0.336 e. The average molecular weight is 367 g/mol. The molecular formula is C19H21N5OS. The zero-order valence-electron chi connectivity index (χ0n) is 14.4. The predicted molar refractivity (Wildman–Crippen MR) is 103 cm³/mol. The SMILES string of the molecule is O=C(NCCn1nc(-c2ccncc2)c2c1CCCC2)Nc1cccs1. The van der Waals surface area contributed by atoms with Gasteiger partial charge in [0.25, 0.3) is 0 Å². The summed E-state index contributed by atoms with van der Waals surface area (Å²) in [7, 11) is 0. The molecule has 1 aliphatic carbocycles. The van der Waals surface area contributed by atoms with Gasteiger partial charge in [0.1, 0.15) is 0 Å². The van der Waals surface area contributed by atoms with Crippen LogP contribution in [0.5, 0.6) is 0 Å². The molecule has 0 saturated heterocycles. The Morgan fingerprint density at radius 1 is 1.19 bits per heavy atom. The highest BCUT2D eigenvalue weighted by atomic mass is 32.1. The van der Waals surface area contributed by atoms with Crippen molar-refractivity contribution < 1.29 is 4.79 Å². The number of anilines is 1. The van der Waals surface area contributed by atoms with Crippen LogP contribution in [0.2, 0.25) is 0 Å². The molecule has 6 nitrogen and oxygen atoms in total. The number of carbonyl (C=O) groups excluding carboxylic acids is 1. The van der Waals surface area contributed by atoms with Crippen LogP contribution in [-0.4, -0.2) is 27.3 Å². The van der Waals surface area contributed by atoms with Crippen molar-refractivity contribution in [1.29, 1.82) is 0 Å². The van der Waals surface area contributed by atoms with Crippen molar-refractivity contribution in [3.8, 4) is 11.3 Å². The molecule has 0 atom stereocenters. The van der Waals surface area contributed by atoms with Gasteiger partial charge >= 0.3 is 6.03 Å². The quantitative estimate of drug-likeness (QED) is 0.722. The second-order valence-corrected chi connectivity index (χ2v) is 7.25. The molecule has 0 saturated carbocycles. The minimum Gasteiger partial charge on any atom is -0.336 e. The van der Waals surface area contributed by atoms with Crippen molar-refractivity contribution in [1.82, 2.24) is 20.1 Å². The summed E-state index contributed by atoms with van der Waals surface area (Å²) in [6.07, 6.45) is 8.13. The highest BCUT2D eigenvalue weighted by Gasteiger charge is 2.21. The maximum absolute atomic E-state index is 12.0. The fourth-order valence-electron chi connectivity index (χ4n) is 3.38. The van der Waals surface area contributed by atoms with Crippen molar-refractivity contribution in [2.75, 3.05) is 11.9 Å². The molecule has 0 spiro atoms. The Hall–Kier alpha value is -2.67. The van der Waals surface area contributed by atoms with Gasteiger partial charge in [0.15, 0.2) is 0 Å². The van der Waals surface area contributed by atoms with Crippen LogP contribution in [0.25, 0.3) is 11.3 Å². The number of aromatic nitrogens is 3. The molecule has 0 aromatic carbocycles. The molecule has 134 valence electrons. The fraction of sp³-hybridized carbons (Fsp3) is 0.316. The molecule has 1 aliphatic rings. The first-order valence-electron chi connectivity index (χ1n) is 8.88. The minimum atomic E-state index is -0.178. The lowest BCUT2D eigenvalue weighted by Crippen LogP contribution is -2.31. The first-order valence-corrected chi connectivity index (χ1v) is 9.76. The number of nitrogens with zero attached hydrogens (tertiary/aromatic N) is 3. The van der Waals surface area contributed by atoms with Crippen molar-refractivity contribution in [3.05, 3.63) is 53.3 Å². The number of hydrogen-bond donors (Lipinski definition) is 2. The number of hydrogen-bond acceptors (Lipinski definition) is 4. The van der Waals surface area contributed by atoms with Gasteiger partial charge in [-0.2, -0.15) is 5.10 Å². The predicted octanol–water partition coefficient (Wildman–Crippen LogP) is 3.71. The molecule has 0 aliphatic heterocycles. The summed E-state index contributed by atoms with van der Waals surface area (Å²) < 4.78 is 2.07. The molecule has 3 aromatic heterocycles. The molecular weight excluding hydrogens is 346 g/mol. The Labute approximate surface area is 156 Å². The molecule has 0 bridgehead atoms. The van der Waals surface area contributed by atoms with E-state index in [1.807, 2.05) is 29.6 Å². The molecule has 26 heavy (non-hydrogen) atoms. The summed E-state index contributed by atoms with van der Waals surface area (Å²) in [6.45, 7) is 1.21. The van der Waals surface area contributed by atoms with Crippen molar-refractivity contribution in [2.24, 2.45) is 0 Å². The van der Waals surface area contributed by atoms with E-state index < -0.39 is 0 Å². The molecule has 3 aromatic rings. The number of nitrogens with one attached hydrogen (secondary N) is 2. The lowest BCUT2D eigenvalue weighted by atomic mass is 9.94. The van der Waals surface area contributed by atoms with Gasteiger partial charge < -0.3 is 5.32 Å². The standard InChI is InChI=1S/C19H21N5OS/c25-19(22-17-6-3-13-26-17)21-11-12-24-16-5-2-1-4-15(16)18(23-24)14-7-9-20-10-8-14/h3,6-10,13H,1-2,4-5,11-12H2,(H2,21,22,25). The van der Waals surface area contributed by atoms with Crippen molar-refractivity contribution in [3.63, 3.8) is 0 Å². The second kappa shape index (κ2) is 7.70. The number of rotatable bonds is 5. The third kappa shape index (κ3) is 3.62. The first-order chi connectivity index (χ1) is 12.8. The van der Waals surface area contributed by atoms with Gasteiger partial charge in [-0.15, -0.1) is 11.3 Å². The summed E-state index contributed by atoms with van der Waals surface area (Å²) in [5.41, 5.74) is 4.83. The van der Waals surface area contributed by atoms with E-state index in [1.54, 1.807) is 12.4 Å². The Balaban J connectivity index is 1.45. The van der Waals surface area contributed by atoms with E-state index in [0.29, 0.717) is 13.1 Å². The summed E-state index contributed by atoms with van der Waals surface area (Å²) >= 11 is 1.51. The summed E-state index contributed by atoms with van der Waals surface area (Å²) in [5.74, 6) is 0. The Morgan fingerprint density at radius 2 is 2.04 bits per heavy atom. The van der Waals surface area contributed by atoms with Gasteiger partial charge in [-0.1, -0.05) is 0 Å². The van der Waals surface area contributed by atoms with E-state index in [-0.39, 0.29) is 6.03 Å². The van der Waals surface area contributed by atoms with Crippen molar-refractivity contribution >= 4 is 22.4 Å². The number of pyridine rings is 1. The van der Waals surface area contributed by atoms with Gasteiger partial charge in [0.05, 0.1) is 17.2 Å². The number of thiophene rings is 1. The van der Waals surface area contributed by atoms with Crippen LogP contribution >= 0.6 is 11.3 Å². The van der Waals surface area contributed by atoms with E-state index in [4.69, 9.17) is 5.10 Å². The Morgan fingerprint density at radius 3 is 2.85 bits per heavy atom. The zero-order chi connectivity index (χ0) is 17.8. The summed E-state index contributed by atoms with van der Waals surface area (Å²) in [5, 5.41) is 13.4. The molecule has 2 N–H and O–H groups in total. The van der Waals surface area contributed by atoms with Gasteiger partial charge in [-0.3, -0.25) is 15.0 Å². The Kier molecular flexibility index (Phi) is 4.97. The molecule has 0 unspecified atom stereocenters. The van der Waals surface area contributed by atoms with Crippen LogP contribution in [0.4, 0.5) is 9.80 Å². The lowest BCUT2D eigenvalue weighted by Gasteiger charge is -2.14. The highest BCUT2D eigenvalue weighted by Crippen LogP contribution is 2.30. The van der Waals surface area contributed by atoms with Gasteiger partial charge in [0, 0.05) is 35.8 Å². The van der Waals surface area contributed by atoms with E-state index in [0.717, 1.165) is 29.1 Å². The minimum absolute atomic E-state index is 0.178. The monoisotopic (exact) mass is 367 g/mol. The van der Waals surface area contributed by atoms with Crippen LogP contribution in [0, 0.1) is 0 Å². The maximum atomic E-state index is 12.0. The second-order valence-electron chi connectivity index (χ2n) is 6.30. The zero-order valence-corrected chi connectivity index (χ0v) is 15.3. The third-order valence-corrected chi connectivity index (χ3v) is 5.36. The maximum Gasteiger partial charge on any atom is 0.319 e. The first kappa shape index (κ1) is 16.8. The van der Waals surface area contributed by atoms with Crippen LogP contribution in [0.3, 0.4) is 0 Å². The number of carbonyl (C=O) groups is 1. The van der Waals surface area contributed by atoms with Crippen LogP contribution in [-0.2, 0) is 19.4 Å². The average Bonchev–Trinajstić information content (AvgIpc) is 3.31. The van der Waals surface area contributed by atoms with Crippen LogP contribution in [0.15, 0.2) is 42.0 Å². The van der Waals surface area contributed by atoms with Crippen molar-refractivity contribution in [2.45, 2.75) is 32.2 Å². The smallest absolute Gasteiger partial charge is 0.319 e. The topological polar surface area (TPSA) is 71.8 Å². The molecule has 0 fully saturated rings. The van der Waals surface area contributed by atoms with Gasteiger partial charge in [-0.05, 0) is 55.3 Å². The molecule has 0 radical (unpaired) electrons. The number of amides is 2. The third-order valence-electron chi connectivity index (χ3n) is 4.58. The van der Waals surface area contributed by atoms with Crippen LogP contribution in [0.1, 0.15) is 24.1 Å². The summed E-state index contributed by atoms with van der Waals surface area (Å²) in [6, 6.07) is 7.64. The molecule has 7 heteroatoms. The number of fused-ring (bicyclic) bond motifs is 1. The molecule has 3 heterocycles.